The first-order valence-corrected chi connectivity index (χ1v) is 10.6. The first-order valence-electron chi connectivity index (χ1n) is 10.6. The van der Waals surface area contributed by atoms with E-state index in [1.807, 2.05) is 42.5 Å². The van der Waals surface area contributed by atoms with Crippen molar-refractivity contribution in [2.45, 2.75) is 38.6 Å². The minimum atomic E-state index is -0.454. The largest absolute Gasteiger partial charge is 0.461 e. The SMILES string of the molecule is CCOC(=O)N1CCC(NC(=O)COC(=O)CCc2ccc(-c3ccccc3)o2)CC1. The Kier molecular flexibility index (Phi) is 8.09. The molecule has 1 aliphatic heterocycles. The average Bonchev–Trinajstić information content (AvgIpc) is 3.27. The Morgan fingerprint density at radius 3 is 2.52 bits per heavy atom. The summed E-state index contributed by atoms with van der Waals surface area (Å²) in [5, 5.41) is 2.85. The normalized spacial score (nSPS) is 14.2. The zero-order valence-corrected chi connectivity index (χ0v) is 17.7. The molecule has 0 unspecified atom stereocenters. The van der Waals surface area contributed by atoms with Gasteiger partial charge in [0.05, 0.1) is 13.0 Å². The van der Waals surface area contributed by atoms with E-state index in [1.165, 1.54) is 0 Å². The van der Waals surface area contributed by atoms with Gasteiger partial charge in [-0.2, -0.15) is 0 Å². The highest BCUT2D eigenvalue weighted by atomic mass is 16.6. The molecule has 0 atom stereocenters. The molecule has 0 saturated carbocycles. The zero-order chi connectivity index (χ0) is 22.1. The smallest absolute Gasteiger partial charge is 0.409 e. The van der Waals surface area contributed by atoms with E-state index < -0.39 is 5.97 Å². The van der Waals surface area contributed by atoms with E-state index in [2.05, 4.69) is 5.32 Å². The number of nitrogens with one attached hydrogen (secondary N) is 1. The summed E-state index contributed by atoms with van der Waals surface area (Å²) >= 11 is 0. The summed E-state index contributed by atoms with van der Waals surface area (Å²) in [6.45, 7) is 2.84. The number of nitrogens with zero attached hydrogens (tertiary/aromatic N) is 1. The minimum absolute atomic E-state index is 0.0450. The molecule has 8 nitrogen and oxygen atoms in total. The third-order valence-electron chi connectivity index (χ3n) is 5.05. The molecule has 1 saturated heterocycles. The Bertz CT molecular complexity index is 871. The standard InChI is InChI=1S/C23H28N2O6/c1-2-29-23(28)25-14-12-18(13-15-25)24-21(26)16-30-22(27)11-9-19-8-10-20(31-19)17-6-4-3-5-7-17/h3-8,10,18H,2,9,11-16H2,1H3,(H,24,26). The number of rotatable bonds is 8. The molecule has 0 aliphatic carbocycles. The van der Waals surface area contributed by atoms with Crippen LogP contribution in [0.4, 0.5) is 4.79 Å². The van der Waals surface area contributed by atoms with Crippen LogP contribution in [0.5, 0.6) is 0 Å². The maximum Gasteiger partial charge on any atom is 0.409 e. The van der Waals surface area contributed by atoms with E-state index in [0.717, 1.165) is 11.3 Å². The van der Waals surface area contributed by atoms with Crippen LogP contribution >= 0.6 is 0 Å². The number of carbonyl (C=O) groups excluding carboxylic acids is 3. The number of esters is 1. The van der Waals surface area contributed by atoms with Crippen LogP contribution in [-0.2, 0) is 25.5 Å². The highest BCUT2D eigenvalue weighted by Gasteiger charge is 2.24. The van der Waals surface area contributed by atoms with Gasteiger partial charge < -0.3 is 24.1 Å². The Balaban J connectivity index is 1.32. The lowest BCUT2D eigenvalue weighted by molar-refractivity contribution is -0.148. The molecule has 0 bridgehead atoms. The molecule has 31 heavy (non-hydrogen) atoms. The molecule has 166 valence electrons. The summed E-state index contributed by atoms with van der Waals surface area (Å²) < 4.78 is 15.8. The topological polar surface area (TPSA) is 98.1 Å². The Hall–Kier alpha value is -3.29. The molecule has 1 N–H and O–H groups in total. The quantitative estimate of drug-likeness (QED) is 0.649. The monoisotopic (exact) mass is 428 g/mol. The van der Waals surface area contributed by atoms with Gasteiger partial charge in [-0.3, -0.25) is 9.59 Å². The molecule has 1 aromatic carbocycles. The Morgan fingerprint density at radius 1 is 1.06 bits per heavy atom. The molecular formula is C23H28N2O6. The first-order chi connectivity index (χ1) is 15.0. The molecule has 3 rings (SSSR count). The average molecular weight is 428 g/mol. The number of hydrogen-bond donors (Lipinski definition) is 1. The van der Waals surface area contributed by atoms with E-state index in [9.17, 15) is 14.4 Å². The molecule has 2 aromatic rings. The van der Waals surface area contributed by atoms with Gasteiger partial charge in [-0.15, -0.1) is 0 Å². The minimum Gasteiger partial charge on any atom is -0.461 e. The molecule has 2 amide bonds. The van der Waals surface area contributed by atoms with Gasteiger partial charge in [0.1, 0.15) is 11.5 Å². The van der Waals surface area contributed by atoms with E-state index in [1.54, 1.807) is 11.8 Å². The number of carbonyl (C=O) groups is 3. The fourth-order valence-corrected chi connectivity index (χ4v) is 3.40. The second-order valence-electron chi connectivity index (χ2n) is 7.32. The Labute approximate surface area is 181 Å². The third-order valence-corrected chi connectivity index (χ3v) is 5.05. The second-order valence-corrected chi connectivity index (χ2v) is 7.32. The van der Waals surface area contributed by atoms with Crippen LogP contribution in [0.3, 0.4) is 0 Å². The van der Waals surface area contributed by atoms with Crippen LogP contribution in [0.25, 0.3) is 11.3 Å². The van der Waals surface area contributed by atoms with E-state index >= 15 is 0 Å². The molecule has 0 radical (unpaired) electrons. The van der Waals surface area contributed by atoms with Crippen LogP contribution in [0.15, 0.2) is 46.9 Å². The molecule has 0 spiro atoms. The summed E-state index contributed by atoms with van der Waals surface area (Å²) in [6.07, 6.45) is 1.49. The van der Waals surface area contributed by atoms with Gasteiger partial charge in [0, 0.05) is 31.1 Å². The zero-order valence-electron chi connectivity index (χ0n) is 17.7. The fraction of sp³-hybridized carbons (Fsp3) is 0.435. The molecule has 1 aliphatic rings. The number of aryl methyl sites for hydroxylation is 1. The van der Waals surface area contributed by atoms with Gasteiger partial charge in [0.15, 0.2) is 6.61 Å². The first kappa shape index (κ1) is 22.4. The molecule has 1 aromatic heterocycles. The van der Waals surface area contributed by atoms with Crippen LogP contribution in [0, 0.1) is 0 Å². The van der Waals surface area contributed by atoms with Gasteiger partial charge in [-0.25, -0.2) is 4.79 Å². The van der Waals surface area contributed by atoms with E-state index in [4.69, 9.17) is 13.9 Å². The van der Waals surface area contributed by atoms with Crippen molar-refractivity contribution in [3.05, 3.63) is 48.2 Å². The van der Waals surface area contributed by atoms with Crippen molar-refractivity contribution >= 4 is 18.0 Å². The Morgan fingerprint density at radius 2 is 1.81 bits per heavy atom. The number of benzene rings is 1. The second kappa shape index (κ2) is 11.2. The summed E-state index contributed by atoms with van der Waals surface area (Å²) in [7, 11) is 0. The predicted molar refractivity (Wildman–Crippen MR) is 113 cm³/mol. The number of hydrogen-bond acceptors (Lipinski definition) is 6. The lowest BCUT2D eigenvalue weighted by Gasteiger charge is -2.31. The highest BCUT2D eigenvalue weighted by Crippen LogP contribution is 2.22. The van der Waals surface area contributed by atoms with Gasteiger partial charge in [-0.05, 0) is 31.9 Å². The van der Waals surface area contributed by atoms with Crippen molar-refractivity contribution in [1.29, 1.82) is 0 Å². The lowest BCUT2D eigenvalue weighted by atomic mass is 10.1. The summed E-state index contributed by atoms with van der Waals surface area (Å²) in [4.78, 5) is 37.3. The van der Waals surface area contributed by atoms with Gasteiger partial charge in [0.25, 0.3) is 5.91 Å². The van der Waals surface area contributed by atoms with Gasteiger partial charge in [-0.1, -0.05) is 30.3 Å². The van der Waals surface area contributed by atoms with Crippen LogP contribution < -0.4 is 5.32 Å². The molecule has 1 fully saturated rings. The van der Waals surface area contributed by atoms with E-state index in [-0.39, 0.29) is 31.1 Å². The molecule has 2 heterocycles. The molecular weight excluding hydrogens is 400 g/mol. The number of ether oxygens (including phenoxy) is 2. The highest BCUT2D eigenvalue weighted by molar-refractivity contribution is 5.80. The van der Waals surface area contributed by atoms with Gasteiger partial charge >= 0.3 is 12.1 Å². The maximum atomic E-state index is 12.1. The van der Waals surface area contributed by atoms with Crippen molar-refractivity contribution in [2.24, 2.45) is 0 Å². The van der Waals surface area contributed by atoms with E-state index in [0.29, 0.717) is 44.7 Å². The van der Waals surface area contributed by atoms with Crippen molar-refractivity contribution in [3.8, 4) is 11.3 Å². The summed E-state index contributed by atoms with van der Waals surface area (Å²) in [5.74, 6) is 0.642. The number of furan rings is 1. The summed E-state index contributed by atoms with van der Waals surface area (Å²) in [5.41, 5.74) is 0.973. The van der Waals surface area contributed by atoms with Crippen LogP contribution in [-0.4, -0.2) is 55.2 Å². The van der Waals surface area contributed by atoms with Crippen molar-refractivity contribution in [2.75, 3.05) is 26.3 Å². The van der Waals surface area contributed by atoms with Crippen molar-refractivity contribution in [3.63, 3.8) is 0 Å². The van der Waals surface area contributed by atoms with Crippen LogP contribution in [0.2, 0.25) is 0 Å². The fourth-order valence-electron chi connectivity index (χ4n) is 3.40. The maximum absolute atomic E-state index is 12.1. The lowest BCUT2D eigenvalue weighted by Crippen LogP contribution is -2.47. The van der Waals surface area contributed by atoms with Gasteiger partial charge in [0.2, 0.25) is 0 Å². The summed E-state index contributed by atoms with van der Waals surface area (Å²) in [6, 6.07) is 13.4. The third kappa shape index (κ3) is 6.87. The molecule has 8 heteroatoms. The number of amides is 2. The van der Waals surface area contributed by atoms with Crippen molar-refractivity contribution < 1.29 is 28.3 Å². The number of likely N-dealkylation sites (tertiary alicyclic amines) is 1. The van der Waals surface area contributed by atoms with Crippen LogP contribution in [0.1, 0.15) is 31.9 Å². The number of piperidine rings is 1. The predicted octanol–water partition coefficient (Wildman–Crippen LogP) is 3.16. The van der Waals surface area contributed by atoms with Crippen molar-refractivity contribution in [1.82, 2.24) is 10.2 Å².